The first kappa shape index (κ1) is 16.7. The predicted octanol–water partition coefficient (Wildman–Crippen LogP) is 0.646. The fourth-order valence-electron chi connectivity index (χ4n) is 3.52. The molecule has 1 saturated carbocycles. The van der Waals surface area contributed by atoms with Crippen molar-refractivity contribution in [3.8, 4) is 0 Å². The van der Waals surface area contributed by atoms with E-state index in [4.69, 9.17) is 5.73 Å². The first-order valence-corrected chi connectivity index (χ1v) is 8.32. The van der Waals surface area contributed by atoms with E-state index in [9.17, 15) is 4.79 Å². The fraction of sp³-hybridized carbons (Fsp3) is 0.938. The molecule has 0 spiro atoms. The molecule has 1 aliphatic carbocycles. The highest BCUT2D eigenvalue weighted by molar-refractivity contribution is 5.86. The van der Waals surface area contributed by atoms with Crippen LogP contribution in [0.4, 0.5) is 0 Å². The van der Waals surface area contributed by atoms with Crippen molar-refractivity contribution in [1.82, 2.24) is 15.1 Å². The van der Waals surface area contributed by atoms with Crippen molar-refractivity contribution in [3.05, 3.63) is 0 Å². The molecule has 5 heteroatoms. The number of amides is 1. The number of primary amides is 1. The quantitative estimate of drug-likeness (QED) is 0.755. The molecule has 21 heavy (non-hydrogen) atoms. The Hall–Kier alpha value is -0.650. The Balaban J connectivity index is 1.98. The van der Waals surface area contributed by atoms with Gasteiger partial charge in [-0.25, -0.2) is 0 Å². The van der Waals surface area contributed by atoms with Crippen LogP contribution in [0.5, 0.6) is 0 Å². The molecule has 2 fully saturated rings. The van der Waals surface area contributed by atoms with Gasteiger partial charge in [0.15, 0.2) is 0 Å². The first-order chi connectivity index (χ1) is 9.79. The zero-order valence-electron chi connectivity index (χ0n) is 14.1. The van der Waals surface area contributed by atoms with Gasteiger partial charge in [0.2, 0.25) is 5.91 Å². The van der Waals surface area contributed by atoms with E-state index >= 15 is 0 Å². The summed E-state index contributed by atoms with van der Waals surface area (Å²) in [6.07, 6.45) is 2.25. The minimum absolute atomic E-state index is 0.176. The Kier molecular flexibility index (Phi) is 4.96. The molecule has 3 N–H and O–H groups in total. The summed E-state index contributed by atoms with van der Waals surface area (Å²) in [6.45, 7) is 14.6. The molecular weight excluding hydrogens is 264 g/mol. The number of carbonyl (C=O) groups is 1. The Labute approximate surface area is 129 Å². The van der Waals surface area contributed by atoms with Crippen molar-refractivity contribution < 1.29 is 4.79 Å². The zero-order chi connectivity index (χ0) is 15.7. The number of piperazine rings is 1. The monoisotopic (exact) mass is 296 g/mol. The van der Waals surface area contributed by atoms with Crippen molar-refractivity contribution >= 4 is 5.91 Å². The lowest BCUT2D eigenvalue weighted by atomic mass is 9.90. The van der Waals surface area contributed by atoms with Crippen LogP contribution in [-0.4, -0.2) is 66.1 Å². The number of hydrogen-bond acceptors (Lipinski definition) is 4. The molecule has 0 radical (unpaired) electrons. The normalized spacial score (nSPS) is 24.8. The van der Waals surface area contributed by atoms with Gasteiger partial charge in [0.1, 0.15) is 5.54 Å². The molecule has 5 nitrogen and oxygen atoms in total. The van der Waals surface area contributed by atoms with Gasteiger partial charge in [-0.05, 0) is 46.1 Å². The van der Waals surface area contributed by atoms with E-state index in [-0.39, 0.29) is 11.4 Å². The molecule has 0 aromatic carbocycles. The smallest absolute Gasteiger partial charge is 0.239 e. The molecule has 1 amide bonds. The highest BCUT2D eigenvalue weighted by Gasteiger charge is 2.50. The van der Waals surface area contributed by atoms with Gasteiger partial charge in [-0.2, -0.15) is 0 Å². The maximum atomic E-state index is 12.1. The van der Waals surface area contributed by atoms with Gasteiger partial charge >= 0.3 is 0 Å². The Morgan fingerprint density at radius 1 is 1.19 bits per heavy atom. The number of hydrogen-bond donors (Lipinski definition) is 2. The number of likely N-dealkylation sites (N-methyl/N-ethyl adjacent to an activating group) is 1. The van der Waals surface area contributed by atoms with Gasteiger partial charge < -0.3 is 11.1 Å². The lowest BCUT2D eigenvalue weighted by molar-refractivity contribution is -0.126. The third-order valence-corrected chi connectivity index (χ3v) is 5.00. The average Bonchev–Trinajstić information content (AvgIpc) is 3.22. The standard InChI is InChI=1S/C16H32N4O/c1-5-18-16(14(17)21,13-6-7-13)12-19-8-10-20(11-9-19)15(2,3)4/h13,18H,5-12H2,1-4H3,(H2,17,21). The van der Waals surface area contributed by atoms with Crippen LogP contribution in [-0.2, 0) is 4.79 Å². The minimum Gasteiger partial charge on any atom is -0.368 e. The molecule has 0 aromatic heterocycles. The molecule has 1 saturated heterocycles. The summed E-state index contributed by atoms with van der Waals surface area (Å²) < 4.78 is 0. The van der Waals surface area contributed by atoms with E-state index in [0.717, 1.165) is 52.1 Å². The van der Waals surface area contributed by atoms with Crippen LogP contribution in [0.15, 0.2) is 0 Å². The zero-order valence-corrected chi connectivity index (χ0v) is 14.1. The largest absolute Gasteiger partial charge is 0.368 e. The second-order valence-corrected chi connectivity index (χ2v) is 7.57. The number of carbonyl (C=O) groups excluding carboxylic acids is 1. The van der Waals surface area contributed by atoms with Crippen LogP contribution >= 0.6 is 0 Å². The summed E-state index contributed by atoms with van der Waals surface area (Å²) in [6, 6.07) is 0. The molecule has 1 unspecified atom stereocenters. The number of rotatable bonds is 6. The van der Waals surface area contributed by atoms with Crippen LogP contribution in [0, 0.1) is 5.92 Å². The molecule has 2 rings (SSSR count). The third-order valence-electron chi connectivity index (χ3n) is 5.00. The second kappa shape index (κ2) is 6.23. The van der Waals surface area contributed by atoms with Gasteiger partial charge in [0.05, 0.1) is 0 Å². The van der Waals surface area contributed by atoms with E-state index in [2.05, 4.69) is 42.8 Å². The first-order valence-electron chi connectivity index (χ1n) is 8.32. The lowest BCUT2D eigenvalue weighted by Crippen LogP contribution is -2.65. The molecule has 0 bridgehead atoms. The van der Waals surface area contributed by atoms with Crippen molar-refractivity contribution in [2.75, 3.05) is 39.3 Å². The summed E-state index contributed by atoms with van der Waals surface area (Å²) in [5.74, 6) is 0.251. The van der Waals surface area contributed by atoms with Gasteiger partial charge in [-0.3, -0.25) is 14.6 Å². The molecule has 0 aromatic rings. The van der Waals surface area contributed by atoms with E-state index < -0.39 is 5.54 Å². The van der Waals surface area contributed by atoms with Gasteiger partial charge in [0.25, 0.3) is 0 Å². The molecule has 122 valence electrons. The molecular formula is C16H32N4O. The van der Waals surface area contributed by atoms with Crippen molar-refractivity contribution in [2.24, 2.45) is 11.7 Å². The van der Waals surface area contributed by atoms with Gasteiger partial charge in [0, 0.05) is 38.3 Å². The summed E-state index contributed by atoms with van der Waals surface area (Å²) in [5, 5.41) is 3.42. The lowest BCUT2D eigenvalue weighted by Gasteiger charge is -2.45. The highest BCUT2D eigenvalue weighted by Crippen LogP contribution is 2.40. The van der Waals surface area contributed by atoms with Gasteiger partial charge in [-0.1, -0.05) is 6.92 Å². The summed E-state index contributed by atoms with van der Waals surface area (Å²) in [7, 11) is 0. The fourth-order valence-corrected chi connectivity index (χ4v) is 3.52. The van der Waals surface area contributed by atoms with Crippen molar-refractivity contribution in [1.29, 1.82) is 0 Å². The number of nitrogens with two attached hydrogens (primary N) is 1. The maximum Gasteiger partial charge on any atom is 0.239 e. The Morgan fingerprint density at radius 3 is 2.14 bits per heavy atom. The van der Waals surface area contributed by atoms with Crippen LogP contribution in [0.2, 0.25) is 0 Å². The number of nitrogens with one attached hydrogen (secondary N) is 1. The van der Waals surface area contributed by atoms with Crippen LogP contribution in [0.3, 0.4) is 0 Å². The van der Waals surface area contributed by atoms with Gasteiger partial charge in [-0.15, -0.1) is 0 Å². The van der Waals surface area contributed by atoms with Crippen molar-refractivity contribution in [2.45, 2.75) is 51.6 Å². The third kappa shape index (κ3) is 3.76. The summed E-state index contributed by atoms with van der Waals surface area (Å²) >= 11 is 0. The maximum absolute atomic E-state index is 12.1. The number of nitrogens with zero attached hydrogens (tertiary/aromatic N) is 2. The van der Waals surface area contributed by atoms with Crippen LogP contribution in [0.1, 0.15) is 40.5 Å². The molecule has 1 heterocycles. The SMILES string of the molecule is CCNC(CN1CCN(C(C)(C)C)CC1)(C(N)=O)C1CC1. The Bertz CT molecular complexity index is 367. The van der Waals surface area contributed by atoms with Crippen molar-refractivity contribution in [3.63, 3.8) is 0 Å². The van der Waals surface area contributed by atoms with E-state index in [1.165, 1.54) is 0 Å². The molecule has 2 aliphatic rings. The summed E-state index contributed by atoms with van der Waals surface area (Å²) in [4.78, 5) is 17.0. The second-order valence-electron chi connectivity index (χ2n) is 7.57. The topological polar surface area (TPSA) is 61.6 Å². The van der Waals surface area contributed by atoms with Crippen LogP contribution < -0.4 is 11.1 Å². The molecule has 1 aliphatic heterocycles. The van der Waals surface area contributed by atoms with E-state index in [0.29, 0.717) is 5.92 Å². The highest BCUT2D eigenvalue weighted by atomic mass is 16.1. The average molecular weight is 296 g/mol. The van der Waals surface area contributed by atoms with E-state index in [1.54, 1.807) is 0 Å². The van der Waals surface area contributed by atoms with Crippen LogP contribution in [0.25, 0.3) is 0 Å². The van der Waals surface area contributed by atoms with E-state index in [1.807, 2.05) is 0 Å². The predicted molar refractivity (Wildman–Crippen MR) is 86.1 cm³/mol. The minimum atomic E-state index is -0.515. The summed E-state index contributed by atoms with van der Waals surface area (Å²) in [5.41, 5.74) is 5.49. The Morgan fingerprint density at radius 2 is 1.76 bits per heavy atom. The molecule has 1 atom stereocenters.